The molecule has 10 rings (SSSR count). The lowest BCUT2D eigenvalue weighted by atomic mass is 9.88. The molecule has 10 aromatic rings. The predicted molar refractivity (Wildman–Crippen MR) is 256 cm³/mol. The second kappa shape index (κ2) is 17.2. The Balaban J connectivity index is 1.37. The fraction of sp³-hybridized carbons (Fsp3) is 0.0351. The highest BCUT2D eigenvalue weighted by Gasteiger charge is 2.37. The lowest BCUT2D eigenvalue weighted by Crippen LogP contribution is -2.11. The molecular weight excluding hydrogens is 883 g/mol. The average Bonchev–Trinajstić information content (AvgIpc) is 3.70. The van der Waals surface area contributed by atoms with Crippen LogP contribution in [0.1, 0.15) is 16.7 Å². The summed E-state index contributed by atoms with van der Waals surface area (Å²) in [5, 5.41) is 11.3. The molecule has 0 unspecified atom stereocenters. The maximum Gasteiger partial charge on any atom is 0.417 e. The van der Waals surface area contributed by atoms with E-state index >= 15 is 26.3 Å². The molecule has 0 bridgehead atoms. The van der Waals surface area contributed by atoms with Crippen LogP contribution in [0.15, 0.2) is 182 Å². The van der Waals surface area contributed by atoms with Gasteiger partial charge in [0.1, 0.15) is 0 Å². The van der Waals surface area contributed by atoms with E-state index in [2.05, 4.69) is 15.8 Å². The highest BCUT2D eigenvalue weighted by molar-refractivity contribution is 6.12. The standard InChI is InChI=1S/C57H30F6N6/c1-65-39-27-38(33-64)53(50(31-39)66-2)36-25-26-52-43(28-36)42-21-11-14-24-51(42)69(52)54-44(40-19-9-12-22-46(40)56(58,59)60)29-37(30-45(54)41-20-10-13-23-47(41)57(61,62)63)55-67-48(34-15-5-3-6-16-34)32-49(68-55)35-17-7-4-8-18-35/h3-32H. The SMILES string of the molecule is [C-]#[N+]c1cc(C#N)c(-c2ccc3c(c2)c2ccccc2n3-c2c(-c3ccccc3C(F)(F)F)cc(-c3nc(-c4ccccc4)cc(-c4ccccc4)n3)cc2-c2ccccc2C(F)(F)F)c([N+]#[C-])c1. The van der Waals surface area contributed by atoms with Crippen LogP contribution in [0.25, 0.3) is 104 Å². The summed E-state index contributed by atoms with van der Waals surface area (Å²) in [5.41, 5.74) is 1.53. The predicted octanol–water partition coefficient (Wildman–Crippen LogP) is 16.6. The zero-order chi connectivity index (χ0) is 48.0. The highest BCUT2D eigenvalue weighted by Crippen LogP contribution is 2.50. The maximum atomic E-state index is 15.4. The van der Waals surface area contributed by atoms with Gasteiger partial charge in [-0.2, -0.15) is 31.6 Å². The van der Waals surface area contributed by atoms with Gasteiger partial charge in [-0.3, -0.25) is 0 Å². The molecule has 8 aromatic carbocycles. The Labute approximate surface area is 390 Å². The first-order valence-corrected chi connectivity index (χ1v) is 21.2. The molecule has 0 spiro atoms. The largest absolute Gasteiger partial charge is 0.417 e. The van der Waals surface area contributed by atoms with Crippen LogP contribution in [0.5, 0.6) is 0 Å². The number of nitriles is 1. The number of para-hydroxylation sites is 1. The molecule has 0 N–H and O–H groups in total. The van der Waals surface area contributed by atoms with Gasteiger partial charge in [0.25, 0.3) is 0 Å². The summed E-state index contributed by atoms with van der Waals surface area (Å²) in [4.78, 5) is 17.0. The Bertz CT molecular complexity index is 3630. The fourth-order valence-corrected chi connectivity index (χ4v) is 8.96. The molecule has 6 nitrogen and oxygen atoms in total. The number of fused-ring (bicyclic) bond motifs is 3. The van der Waals surface area contributed by atoms with Crippen molar-refractivity contribution in [1.82, 2.24) is 14.5 Å². The van der Waals surface area contributed by atoms with E-state index in [9.17, 15) is 5.26 Å². The number of hydrogen-bond acceptors (Lipinski definition) is 3. The Morgan fingerprint density at radius 2 is 1.00 bits per heavy atom. The minimum Gasteiger partial charge on any atom is -0.308 e. The summed E-state index contributed by atoms with van der Waals surface area (Å²) in [6.07, 6.45) is -9.81. The summed E-state index contributed by atoms with van der Waals surface area (Å²) in [6.45, 7) is 15.5. The van der Waals surface area contributed by atoms with Crippen molar-refractivity contribution in [2.75, 3.05) is 0 Å². The van der Waals surface area contributed by atoms with Crippen molar-refractivity contribution in [3.63, 3.8) is 0 Å². The van der Waals surface area contributed by atoms with Crippen LogP contribution in [0.2, 0.25) is 0 Å². The maximum absolute atomic E-state index is 15.4. The normalized spacial score (nSPS) is 11.6. The molecule has 0 aliphatic carbocycles. The van der Waals surface area contributed by atoms with Gasteiger partial charge in [-0.15, -0.1) is 0 Å². The molecule has 2 heterocycles. The van der Waals surface area contributed by atoms with Crippen molar-refractivity contribution < 1.29 is 26.3 Å². The van der Waals surface area contributed by atoms with Gasteiger partial charge in [0.2, 0.25) is 0 Å². The van der Waals surface area contributed by atoms with Gasteiger partial charge in [-0.25, -0.2) is 19.7 Å². The van der Waals surface area contributed by atoms with Crippen LogP contribution in [0.4, 0.5) is 37.7 Å². The zero-order valence-corrected chi connectivity index (χ0v) is 35.8. The monoisotopic (exact) mass is 912 g/mol. The fourth-order valence-electron chi connectivity index (χ4n) is 8.96. The average molecular weight is 913 g/mol. The second-order valence-electron chi connectivity index (χ2n) is 16.0. The smallest absolute Gasteiger partial charge is 0.308 e. The van der Waals surface area contributed by atoms with Crippen LogP contribution < -0.4 is 0 Å². The molecule has 0 radical (unpaired) electrons. The van der Waals surface area contributed by atoms with Crippen LogP contribution >= 0.6 is 0 Å². The number of alkyl halides is 6. The molecule has 0 atom stereocenters. The molecule has 69 heavy (non-hydrogen) atoms. The summed E-state index contributed by atoms with van der Waals surface area (Å²) >= 11 is 0. The molecule has 0 saturated carbocycles. The van der Waals surface area contributed by atoms with Crippen LogP contribution in [-0.2, 0) is 12.4 Å². The van der Waals surface area contributed by atoms with Crippen LogP contribution in [0, 0.1) is 24.5 Å². The van der Waals surface area contributed by atoms with Crippen LogP contribution in [0.3, 0.4) is 0 Å². The Kier molecular flexibility index (Phi) is 10.8. The van der Waals surface area contributed by atoms with Crippen molar-refractivity contribution in [2.24, 2.45) is 0 Å². The first-order chi connectivity index (χ1) is 33.4. The minimum absolute atomic E-state index is 0.00886. The quantitative estimate of drug-likeness (QED) is 0.118. The Morgan fingerprint density at radius 1 is 0.478 bits per heavy atom. The lowest BCUT2D eigenvalue weighted by Gasteiger charge is -2.24. The molecule has 0 saturated heterocycles. The summed E-state index contributed by atoms with van der Waals surface area (Å²) < 4.78 is 94.1. The van der Waals surface area contributed by atoms with Crippen molar-refractivity contribution in [3.05, 3.63) is 222 Å². The van der Waals surface area contributed by atoms with Gasteiger partial charge in [-0.05, 0) is 71.3 Å². The van der Waals surface area contributed by atoms with Gasteiger partial charge in [0.05, 0.1) is 58.4 Å². The molecule has 12 heteroatoms. The summed E-state index contributed by atoms with van der Waals surface area (Å²) in [6, 6.07) is 50.1. The van der Waals surface area contributed by atoms with E-state index in [1.807, 2.05) is 60.7 Å². The number of nitrogens with zero attached hydrogens (tertiary/aromatic N) is 6. The summed E-state index contributed by atoms with van der Waals surface area (Å²) in [7, 11) is 0. The lowest BCUT2D eigenvalue weighted by molar-refractivity contribution is -0.137. The third-order valence-electron chi connectivity index (χ3n) is 11.9. The van der Waals surface area contributed by atoms with Gasteiger partial charge in [-0.1, -0.05) is 127 Å². The number of aromatic nitrogens is 3. The molecule has 330 valence electrons. The van der Waals surface area contributed by atoms with E-state index < -0.39 is 23.5 Å². The first-order valence-electron chi connectivity index (χ1n) is 21.2. The highest BCUT2D eigenvalue weighted by atomic mass is 19.4. The van der Waals surface area contributed by atoms with E-state index in [0.717, 1.165) is 12.1 Å². The zero-order valence-electron chi connectivity index (χ0n) is 35.8. The Hall–Kier alpha value is -9.31. The van der Waals surface area contributed by atoms with E-state index in [4.69, 9.17) is 23.1 Å². The first kappa shape index (κ1) is 43.6. The van der Waals surface area contributed by atoms with Gasteiger partial charge >= 0.3 is 12.4 Å². The number of benzene rings is 8. The van der Waals surface area contributed by atoms with E-state index in [1.165, 1.54) is 60.7 Å². The molecule has 2 aromatic heterocycles. The second-order valence-corrected chi connectivity index (χ2v) is 16.0. The molecule has 0 fully saturated rings. The molecular formula is C57H30F6N6. The van der Waals surface area contributed by atoms with Crippen molar-refractivity contribution in [3.8, 4) is 79.0 Å². The Morgan fingerprint density at radius 3 is 1.54 bits per heavy atom. The number of halogens is 6. The van der Waals surface area contributed by atoms with Gasteiger partial charge < -0.3 is 4.57 Å². The third-order valence-corrected chi connectivity index (χ3v) is 11.9. The van der Waals surface area contributed by atoms with Gasteiger partial charge in [0, 0.05) is 49.7 Å². The number of hydrogen-bond donors (Lipinski definition) is 0. The topological polar surface area (TPSA) is 63.2 Å². The van der Waals surface area contributed by atoms with Crippen molar-refractivity contribution >= 4 is 33.2 Å². The molecule has 0 amide bonds. The molecule has 0 aliphatic heterocycles. The third kappa shape index (κ3) is 7.88. The van der Waals surface area contributed by atoms with Crippen molar-refractivity contribution in [2.45, 2.75) is 12.4 Å². The van der Waals surface area contributed by atoms with Crippen LogP contribution in [-0.4, -0.2) is 14.5 Å². The van der Waals surface area contributed by atoms with E-state index in [1.54, 1.807) is 53.1 Å². The van der Waals surface area contributed by atoms with Gasteiger partial charge in [0.15, 0.2) is 17.2 Å². The van der Waals surface area contributed by atoms with E-state index in [0.29, 0.717) is 49.9 Å². The number of rotatable bonds is 7. The minimum atomic E-state index is -4.91. The molecule has 0 aliphatic rings. The summed E-state index contributed by atoms with van der Waals surface area (Å²) in [5.74, 6) is 0.0539. The van der Waals surface area contributed by atoms with Crippen molar-refractivity contribution in [1.29, 1.82) is 5.26 Å². The van der Waals surface area contributed by atoms with E-state index in [-0.39, 0.29) is 61.8 Å².